The number of hydrogen-bond donors (Lipinski definition) is 1. The lowest BCUT2D eigenvalue weighted by Crippen LogP contribution is -2.12. The molecule has 2 heterocycles. The summed E-state index contributed by atoms with van der Waals surface area (Å²) in [5, 5.41) is 10.2. The smallest absolute Gasteiger partial charge is 0.133 e. The van der Waals surface area contributed by atoms with Crippen LogP contribution in [0.4, 0.5) is 0 Å². The molecule has 2 aromatic rings. The van der Waals surface area contributed by atoms with E-state index in [0.717, 1.165) is 29.6 Å². The SMILES string of the molecule is Cc1cc(CNCc2nccs2)no1. The van der Waals surface area contributed by atoms with Crippen molar-refractivity contribution in [3.05, 3.63) is 34.1 Å². The standard InChI is InChI=1S/C9H11N3OS/c1-7-4-8(12-13-7)5-10-6-9-11-2-3-14-9/h2-4,10H,5-6H2,1H3. The minimum absolute atomic E-state index is 0.719. The summed E-state index contributed by atoms with van der Waals surface area (Å²) >= 11 is 1.65. The average molecular weight is 209 g/mol. The zero-order chi connectivity index (χ0) is 9.80. The molecule has 0 fully saturated rings. The van der Waals surface area contributed by atoms with Crippen LogP contribution in [0.5, 0.6) is 0 Å². The van der Waals surface area contributed by atoms with Gasteiger partial charge in [0, 0.05) is 30.7 Å². The lowest BCUT2D eigenvalue weighted by molar-refractivity contribution is 0.388. The molecule has 0 spiro atoms. The van der Waals surface area contributed by atoms with Gasteiger partial charge in [0.2, 0.25) is 0 Å². The minimum Gasteiger partial charge on any atom is -0.361 e. The van der Waals surface area contributed by atoms with Crippen LogP contribution >= 0.6 is 11.3 Å². The van der Waals surface area contributed by atoms with Gasteiger partial charge in [-0.05, 0) is 6.92 Å². The first-order valence-corrected chi connectivity index (χ1v) is 5.24. The molecule has 0 saturated carbocycles. The van der Waals surface area contributed by atoms with Crippen LogP contribution in [-0.4, -0.2) is 10.1 Å². The van der Waals surface area contributed by atoms with Crippen LogP contribution in [0.3, 0.4) is 0 Å². The maximum atomic E-state index is 4.95. The van der Waals surface area contributed by atoms with Gasteiger partial charge in [0.05, 0.1) is 5.69 Å². The molecule has 2 aromatic heterocycles. The van der Waals surface area contributed by atoms with Crippen molar-refractivity contribution in [3.63, 3.8) is 0 Å². The summed E-state index contributed by atoms with van der Waals surface area (Å²) < 4.78 is 4.95. The fourth-order valence-electron chi connectivity index (χ4n) is 1.14. The van der Waals surface area contributed by atoms with Gasteiger partial charge in [-0.3, -0.25) is 0 Å². The third-order valence-corrected chi connectivity index (χ3v) is 2.52. The highest BCUT2D eigenvalue weighted by atomic mass is 32.1. The molecule has 4 nitrogen and oxygen atoms in total. The van der Waals surface area contributed by atoms with Crippen molar-refractivity contribution in [3.8, 4) is 0 Å². The lowest BCUT2D eigenvalue weighted by atomic mass is 10.4. The Balaban J connectivity index is 1.78. The van der Waals surface area contributed by atoms with E-state index in [4.69, 9.17) is 4.52 Å². The molecule has 0 aliphatic heterocycles. The number of nitrogens with one attached hydrogen (secondary N) is 1. The van der Waals surface area contributed by atoms with E-state index < -0.39 is 0 Å². The lowest BCUT2D eigenvalue weighted by Gasteiger charge is -1.97. The van der Waals surface area contributed by atoms with Crippen LogP contribution in [0.15, 0.2) is 22.2 Å². The van der Waals surface area contributed by atoms with E-state index in [1.54, 1.807) is 11.3 Å². The van der Waals surface area contributed by atoms with Crippen molar-refractivity contribution in [2.24, 2.45) is 0 Å². The van der Waals surface area contributed by atoms with Crippen molar-refractivity contribution >= 4 is 11.3 Å². The molecule has 1 N–H and O–H groups in total. The molecule has 0 aromatic carbocycles. The molecular weight excluding hydrogens is 198 g/mol. The summed E-state index contributed by atoms with van der Waals surface area (Å²) in [6.45, 7) is 3.39. The van der Waals surface area contributed by atoms with Crippen LogP contribution in [0.2, 0.25) is 0 Å². The zero-order valence-electron chi connectivity index (χ0n) is 7.86. The Hall–Kier alpha value is -1.20. The predicted molar refractivity (Wildman–Crippen MR) is 53.9 cm³/mol. The van der Waals surface area contributed by atoms with Gasteiger partial charge < -0.3 is 9.84 Å². The van der Waals surface area contributed by atoms with Crippen LogP contribution in [-0.2, 0) is 13.1 Å². The average Bonchev–Trinajstić information content (AvgIpc) is 2.77. The number of hydrogen-bond acceptors (Lipinski definition) is 5. The zero-order valence-corrected chi connectivity index (χ0v) is 8.67. The van der Waals surface area contributed by atoms with Crippen LogP contribution in [0.25, 0.3) is 0 Å². The molecule has 5 heteroatoms. The summed E-state index contributed by atoms with van der Waals surface area (Å²) in [7, 11) is 0. The van der Waals surface area contributed by atoms with Crippen LogP contribution in [0.1, 0.15) is 16.5 Å². The van der Waals surface area contributed by atoms with E-state index in [0.29, 0.717) is 0 Å². The van der Waals surface area contributed by atoms with Crippen molar-refractivity contribution < 1.29 is 4.52 Å². The molecule has 0 saturated heterocycles. The molecule has 14 heavy (non-hydrogen) atoms. The van der Waals surface area contributed by atoms with Crippen molar-refractivity contribution in [2.75, 3.05) is 0 Å². The van der Waals surface area contributed by atoms with E-state index in [9.17, 15) is 0 Å². The van der Waals surface area contributed by atoms with Gasteiger partial charge in [-0.25, -0.2) is 4.98 Å². The van der Waals surface area contributed by atoms with E-state index in [1.807, 2.05) is 24.6 Å². The Bertz CT molecular complexity index is 382. The van der Waals surface area contributed by atoms with Crippen LogP contribution in [0, 0.1) is 6.92 Å². The maximum absolute atomic E-state index is 4.95. The van der Waals surface area contributed by atoms with E-state index in [1.165, 1.54) is 0 Å². The fourth-order valence-corrected chi connectivity index (χ4v) is 1.72. The van der Waals surface area contributed by atoms with Gasteiger partial charge in [0.1, 0.15) is 10.8 Å². The maximum Gasteiger partial charge on any atom is 0.133 e. The number of thiazole rings is 1. The quantitative estimate of drug-likeness (QED) is 0.833. The molecule has 0 radical (unpaired) electrons. The Kier molecular flexibility index (Phi) is 2.90. The molecular formula is C9H11N3OS. The third-order valence-electron chi connectivity index (χ3n) is 1.74. The minimum atomic E-state index is 0.719. The second kappa shape index (κ2) is 4.34. The second-order valence-corrected chi connectivity index (χ2v) is 3.94. The van der Waals surface area contributed by atoms with Gasteiger partial charge in [0.25, 0.3) is 0 Å². The molecule has 0 aliphatic rings. The monoisotopic (exact) mass is 209 g/mol. The van der Waals surface area contributed by atoms with Crippen LogP contribution < -0.4 is 5.32 Å². The molecule has 0 unspecified atom stereocenters. The first-order chi connectivity index (χ1) is 6.84. The number of aromatic nitrogens is 2. The van der Waals surface area contributed by atoms with E-state index >= 15 is 0 Å². The Morgan fingerprint density at radius 2 is 2.43 bits per heavy atom. The normalized spacial score (nSPS) is 10.6. The highest BCUT2D eigenvalue weighted by Crippen LogP contribution is 2.04. The molecule has 0 amide bonds. The summed E-state index contributed by atoms with van der Waals surface area (Å²) in [5.41, 5.74) is 0.930. The predicted octanol–water partition coefficient (Wildman–Crippen LogP) is 1.73. The van der Waals surface area contributed by atoms with E-state index in [2.05, 4.69) is 15.5 Å². The second-order valence-electron chi connectivity index (χ2n) is 2.96. The van der Waals surface area contributed by atoms with Gasteiger partial charge in [0.15, 0.2) is 0 Å². The summed E-state index contributed by atoms with van der Waals surface area (Å²) in [6.07, 6.45) is 1.81. The first-order valence-electron chi connectivity index (χ1n) is 4.36. The highest BCUT2D eigenvalue weighted by Gasteiger charge is 2.00. The first kappa shape index (κ1) is 9.36. The largest absolute Gasteiger partial charge is 0.361 e. The van der Waals surface area contributed by atoms with Gasteiger partial charge in [-0.2, -0.15) is 0 Å². The molecule has 0 bridgehead atoms. The van der Waals surface area contributed by atoms with Gasteiger partial charge >= 0.3 is 0 Å². The molecule has 0 atom stereocenters. The number of aryl methyl sites for hydroxylation is 1. The topological polar surface area (TPSA) is 51.0 Å². The fraction of sp³-hybridized carbons (Fsp3) is 0.333. The van der Waals surface area contributed by atoms with E-state index in [-0.39, 0.29) is 0 Å². The Morgan fingerprint density at radius 3 is 3.07 bits per heavy atom. The van der Waals surface area contributed by atoms with Gasteiger partial charge in [-0.1, -0.05) is 5.16 Å². The molecule has 0 aliphatic carbocycles. The third kappa shape index (κ3) is 2.40. The number of rotatable bonds is 4. The summed E-state index contributed by atoms with van der Waals surface area (Å²) in [5.74, 6) is 0.844. The van der Waals surface area contributed by atoms with Crippen molar-refractivity contribution in [1.29, 1.82) is 0 Å². The Morgan fingerprint density at radius 1 is 1.50 bits per heavy atom. The highest BCUT2D eigenvalue weighted by molar-refractivity contribution is 7.09. The number of nitrogens with zero attached hydrogens (tertiary/aromatic N) is 2. The van der Waals surface area contributed by atoms with Gasteiger partial charge in [-0.15, -0.1) is 11.3 Å². The summed E-state index contributed by atoms with van der Waals surface area (Å²) in [6, 6.07) is 1.93. The Labute approximate surface area is 86.0 Å². The summed E-state index contributed by atoms with van der Waals surface area (Å²) in [4.78, 5) is 4.16. The van der Waals surface area contributed by atoms with Crippen molar-refractivity contribution in [1.82, 2.24) is 15.5 Å². The molecule has 2 rings (SSSR count). The van der Waals surface area contributed by atoms with Crippen molar-refractivity contribution in [2.45, 2.75) is 20.0 Å². The molecule has 74 valence electrons.